The number of carbonyl (C=O) groups excluding carboxylic acids is 4. The molecule has 0 aliphatic carbocycles. The summed E-state index contributed by atoms with van der Waals surface area (Å²) < 4.78 is 5.37. The van der Waals surface area contributed by atoms with Gasteiger partial charge in [0.15, 0.2) is 0 Å². The lowest BCUT2D eigenvalue weighted by Gasteiger charge is -2.29. The number of aromatic nitrogens is 1. The smallest absolute Gasteiger partial charge is 0.408 e. The molecule has 0 aliphatic heterocycles. The highest BCUT2D eigenvalue weighted by atomic mass is 16.5. The number of aliphatic hydroxyl groups is 1. The van der Waals surface area contributed by atoms with Gasteiger partial charge in [-0.3, -0.25) is 19.4 Å². The van der Waals surface area contributed by atoms with E-state index < -0.39 is 42.1 Å². The van der Waals surface area contributed by atoms with Gasteiger partial charge in [-0.05, 0) is 47.9 Å². The van der Waals surface area contributed by atoms with Gasteiger partial charge in [-0.1, -0.05) is 84.2 Å². The molecular formula is C35H53N5O6. The van der Waals surface area contributed by atoms with Crippen LogP contribution in [0.4, 0.5) is 4.79 Å². The number of hydrogen-bond donors (Lipinski definition) is 5. The summed E-state index contributed by atoms with van der Waals surface area (Å²) in [5, 5.41) is 22.2. The normalized spacial score (nSPS) is 14.3. The monoisotopic (exact) mass is 639 g/mol. The second kappa shape index (κ2) is 20.9. The molecule has 2 aromatic rings. The predicted octanol–water partition coefficient (Wildman–Crippen LogP) is 4.04. The van der Waals surface area contributed by atoms with Gasteiger partial charge in [-0.15, -0.1) is 0 Å². The second-order valence-corrected chi connectivity index (χ2v) is 12.4. The second-order valence-electron chi connectivity index (χ2n) is 12.4. The van der Waals surface area contributed by atoms with Gasteiger partial charge in [0.2, 0.25) is 17.7 Å². The zero-order valence-electron chi connectivity index (χ0n) is 28.0. The summed E-state index contributed by atoms with van der Waals surface area (Å²) >= 11 is 0. The maximum Gasteiger partial charge on any atom is 0.408 e. The number of benzene rings is 1. The highest BCUT2D eigenvalue weighted by Gasteiger charge is 2.31. The van der Waals surface area contributed by atoms with E-state index in [2.05, 4.69) is 26.3 Å². The number of amides is 4. The lowest BCUT2D eigenvalue weighted by atomic mass is 9.96. The standard InChI is InChI=1S/C35H53N5O6/c1-6-8-14-28(33(43)39-29(19-24(3)4)31(41)21-32(42)37-22-25(5)7-2)38-34(44)30(20-26-15-17-36-18-16-26)40-35(45)46-23-27-12-10-9-11-13-27/h9-13,15-18,24-25,28-31,41H,6-8,14,19-23H2,1-5H3,(H,37,42)(H,38,44)(H,39,43)(H,40,45)/t25?,28-,29-,30-,31-/m0/s1. The first-order valence-corrected chi connectivity index (χ1v) is 16.4. The fourth-order valence-electron chi connectivity index (χ4n) is 4.76. The van der Waals surface area contributed by atoms with E-state index in [0.717, 1.165) is 24.0 Å². The van der Waals surface area contributed by atoms with E-state index in [1.54, 1.807) is 24.5 Å². The van der Waals surface area contributed by atoms with Crippen LogP contribution < -0.4 is 21.3 Å². The highest BCUT2D eigenvalue weighted by molar-refractivity contribution is 5.91. The van der Waals surface area contributed by atoms with Gasteiger partial charge in [-0.25, -0.2) is 4.79 Å². The molecule has 5 N–H and O–H groups in total. The third-order valence-electron chi connectivity index (χ3n) is 7.75. The zero-order chi connectivity index (χ0) is 33.9. The van der Waals surface area contributed by atoms with Crippen molar-refractivity contribution in [2.24, 2.45) is 11.8 Å². The Morgan fingerprint density at radius 1 is 0.870 bits per heavy atom. The van der Waals surface area contributed by atoms with Gasteiger partial charge < -0.3 is 31.1 Å². The van der Waals surface area contributed by atoms with Crippen molar-refractivity contribution in [1.82, 2.24) is 26.3 Å². The van der Waals surface area contributed by atoms with Gasteiger partial charge in [0.25, 0.3) is 0 Å². The van der Waals surface area contributed by atoms with E-state index in [1.165, 1.54) is 0 Å². The number of pyridine rings is 1. The SMILES string of the molecule is CCCC[C@H](NC(=O)[C@H](Cc1ccncc1)NC(=O)OCc1ccccc1)C(=O)N[C@@H](CC(C)C)[C@@H](O)CC(=O)NCC(C)CC. The average Bonchev–Trinajstić information content (AvgIpc) is 3.04. The minimum atomic E-state index is -1.11. The number of hydrogen-bond acceptors (Lipinski definition) is 7. The lowest BCUT2D eigenvalue weighted by molar-refractivity contribution is -0.131. The summed E-state index contributed by atoms with van der Waals surface area (Å²) in [7, 11) is 0. The molecule has 1 aromatic carbocycles. The summed E-state index contributed by atoms with van der Waals surface area (Å²) in [5.41, 5.74) is 1.56. The van der Waals surface area contributed by atoms with Crippen molar-refractivity contribution in [3.8, 4) is 0 Å². The first kappa shape index (κ1) is 38.2. The molecule has 0 aliphatic rings. The van der Waals surface area contributed by atoms with Gasteiger partial charge in [0.1, 0.15) is 18.7 Å². The molecule has 11 nitrogen and oxygen atoms in total. The number of ether oxygens (including phenoxy) is 1. The van der Waals surface area contributed by atoms with Crippen LogP contribution >= 0.6 is 0 Å². The third-order valence-corrected chi connectivity index (χ3v) is 7.75. The van der Waals surface area contributed by atoms with E-state index in [0.29, 0.717) is 31.7 Å². The highest BCUT2D eigenvalue weighted by Crippen LogP contribution is 2.13. The number of rotatable bonds is 20. The molecule has 0 fully saturated rings. The predicted molar refractivity (Wildman–Crippen MR) is 177 cm³/mol. The van der Waals surface area contributed by atoms with E-state index in [1.807, 2.05) is 65.0 Å². The molecular weight excluding hydrogens is 586 g/mol. The number of nitrogens with one attached hydrogen (secondary N) is 4. The summed E-state index contributed by atoms with van der Waals surface area (Å²) in [4.78, 5) is 56.6. The van der Waals surface area contributed by atoms with Crippen molar-refractivity contribution in [1.29, 1.82) is 0 Å². The molecule has 0 saturated carbocycles. The first-order valence-electron chi connectivity index (χ1n) is 16.4. The molecule has 1 aromatic heterocycles. The molecule has 5 atom stereocenters. The van der Waals surface area contributed by atoms with Gasteiger partial charge in [0.05, 0.1) is 18.6 Å². The topological polar surface area (TPSA) is 159 Å². The molecule has 4 amide bonds. The van der Waals surface area contributed by atoms with Crippen molar-refractivity contribution in [2.75, 3.05) is 6.54 Å². The molecule has 2 rings (SSSR count). The average molecular weight is 640 g/mol. The molecule has 1 heterocycles. The van der Waals surface area contributed by atoms with E-state index in [-0.39, 0.29) is 31.3 Å². The zero-order valence-corrected chi connectivity index (χ0v) is 28.0. The van der Waals surface area contributed by atoms with Crippen LogP contribution in [0, 0.1) is 11.8 Å². The van der Waals surface area contributed by atoms with Crippen LogP contribution in [0.5, 0.6) is 0 Å². The summed E-state index contributed by atoms with van der Waals surface area (Å²) in [6, 6.07) is 10.0. The first-order chi connectivity index (χ1) is 22.0. The van der Waals surface area contributed by atoms with Crippen LogP contribution in [0.1, 0.15) is 84.3 Å². The van der Waals surface area contributed by atoms with Crippen molar-refractivity contribution in [3.63, 3.8) is 0 Å². The fraction of sp³-hybridized carbons (Fsp3) is 0.571. The Morgan fingerprint density at radius 3 is 2.17 bits per heavy atom. The molecule has 46 heavy (non-hydrogen) atoms. The van der Waals surface area contributed by atoms with Gasteiger partial charge in [-0.2, -0.15) is 0 Å². The molecule has 254 valence electrons. The fourth-order valence-corrected chi connectivity index (χ4v) is 4.76. The van der Waals surface area contributed by atoms with E-state index in [9.17, 15) is 24.3 Å². The number of unbranched alkanes of at least 4 members (excludes halogenated alkanes) is 1. The maximum atomic E-state index is 13.7. The van der Waals surface area contributed by atoms with Crippen LogP contribution in [0.15, 0.2) is 54.9 Å². The number of aliphatic hydroxyl groups excluding tert-OH is 1. The Balaban J connectivity index is 2.15. The minimum Gasteiger partial charge on any atom is -0.445 e. The number of carbonyl (C=O) groups is 4. The molecule has 0 bridgehead atoms. The molecule has 0 saturated heterocycles. The van der Waals surface area contributed by atoms with Crippen molar-refractivity contribution >= 4 is 23.8 Å². The Morgan fingerprint density at radius 2 is 1.54 bits per heavy atom. The van der Waals surface area contributed by atoms with Crippen LogP contribution in [0.25, 0.3) is 0 Å². The van der Waals surface area contributed by atoms with Crippen LogP contribution in [-0.2, 0) is 32.1 Å². The Bertz CT molecular complexity index is 1200. The third kappa shape index (κ3) is 14.9. The van der Waals surface area contributed by atoms with Crippen LogP contribution in [0.3, 0.4) is 0 Å². The van der Waals surface area contributed by atoms with Gasteiger partial charge >= 0.3 is 6.09 Å². The Hall–Kier alpha value is -3.99. The van der Waals surface area contributed by atoms with Crippen molar-refractivity contribution < 1.29 is 29.0 Å². The minimum absolute atomic E-state index is 0.0347. The molecule has 1 unspecified atom stereocenters. The van der Waals surface area contributed by atoms with Crippen molar-refractivity contribution in [2.45, 2.75) is 110 Å². The Kier molecular flexibility index (Phi) is 17.4. The van der Waals surface area contributed by atoms with E-state index >= 15 is 0 Å². The number of nitrogens with zero attached hydrogens (tertiary/aromatic N) is 1. The van der Waals surface area contributed by atoms with Crippen LogP contribution in [-0.4, -0.2) is 64.7 Å². The van der Waals surface area contributed by atoms with Crippen molar-refractivity contribution in [3.05, 3.63) is 66.0 Å². The maximum absolute atomic E-state index is 13.7. The summed E-state index contributed by atoms with van der Waals surface area (Å²) in [5.74, 6) is -0.841. The quantitative estimate of drug-likeness (QED) is 0.146. The van der Waals surface area contributed by atoms with Gasteiger partial charge in [0, 0.05) is 25.4 Å². The Labute approximate surface area is 273 Å². The van der Waals surface area contributed by atoms with E-state index in [4.69, 9.17) is 4.74 Å². The van der Waals surface area contributed by atoms with Crippen LogP contribution in [0.2, 0.25) is 0 Å². The largest absolute Gasteiger partial charge is 0.445 e. The summed E-state index contributed by atoms with van der Waals surface area (Å²) in [6.45, 7) is 10.6. The molecule has 0 radical (unpaired) electrons. The lowest BCUT2D eigenvalue weighted by Crippen LogP contribution is -2.57. The summed E-state index contributed by atoms with van der Waals surface area (Å²) in [6.07, 6.45) is 4.50. The molecule has 0 spiro atoms. The number of alkyl carbamates (subject to hydrolysis) is 1. The molecule has 11 heteroatoms.